The van der Waals surface area contributed by atoms with Gasteiger partial charge in [-0.05, 0) is 29.8 Å². The van der Waals surface area contributed by atoms with Crippen molar-refractivity contribution < 1.29 is 13.9 Å². The Bertz CT molecular complexity index is 532. The first-order valence-corrected chi connectivity index (χ1v) is 5.89. The minimum Gasteiger partial charge on any atom is -0.496 e. The third kappa shape index (κ3) is 2.69. The van der Waals surface area contributed by atoms with Crippen LogP contribution in [0.2, 0.25) is 0 Å². The summed E-state index contributed by atoms with van der Waals surface area (Å²) in [5.74, 6) is 1.01. The highest BCUT2D eigenvalue weighted by Crippen LogP contribution is 2.35. The molecule has 0 amide bonds. The van der Waals surface area contributed by atoms with Crippen LogP contribution in [0, 0.1) is 5.82 Å². The molecule has 19 heavy (non-hydrogen) atoms. The molecule has 0 fully saturated rings. The van der Waals surface area contributed by atoms with Gasteiger partial charge in [-0.2, -0.15) is 0 Å². The SMILES string of the molecule is COc1cccc(OC)c1C(N)c1ccc(F)cc1. The zero-order valence-corrected chi connectivity index (χ0v) is 10.9. The molecular formula is C15H16FNO2. The van der Waals surface area contributed by atoms with Crippen molar-refractivity contribution >= 4 is 0 Å². The summed E-state index contributed by atoms with van der Waals surface area (Å²) in [7, 11) is 3.16. The number of halogens is 1. The van der Waals surface area contributed by atoms with Crippen molar-refractivity contribution in [3.63, 3.8) is 0 Å². The van der Waals surface area contributed by atoms with Gasteiger partial charge >= 0.3 is 0 Å². The van der Waals surface area contributed by atoms with Crippen LogP contribution in [0.1, 0.15) is 17.2 Å². The molecule has 0 aliphatic carbocycles. The second-order valence-electron chi connectivity index (χ2n) is 4.11. The van der Waals surface area contributed by atoms with Crippen molar-refractivity contribution in [1.29, 1.82) is 0 Å². The lowest BCUT2D eigenvalue weighted by molar-refractivity contribution is 0.382. The molecule has 0 radical (unpaired) electrons. The van der Waals surface area contributed by atoms with E-state index in [4.69, 9.17) is 15.2 Å². The molecule has 0 saturated heterocycles. The van der Waals surface area contributed by atoms with Gasteiger partial charge in [-0.15, -0.1) is 0 Å². The molecule has 0 aliphatic rings. The molecule has 0 bridgehead atoms. The predicted octanol–water partition coefficient (Wildman–Crippen LogP) is 2.89. The van der Waals surface area contributed by atoms with Crippen LogP contribution in [-0.2, 0) is 0 Å². The standard InChI is InChI=1S/C15H16FNO2/c1-18-12-4-3-5-13(19-2)14(12)15(17)10-6-8-11(16)9-7-10/h3-9,15H,17H2,1-2H3. The first-order valence-electron chi connectivity index (χ1n) is 5.89. The highest BCUT2D eigenvalue weighted by Gasteiger charge is 2.19. The van der Waals surface area contributed by atoms with Crippen LogP contribution < -0.4 is 15.2 Å². The van der Waals surface area contributed by atoms with Crippen LogP contribution >= 0.6 is 0 Å². The van der Waals surface area contributed by atoms with Crippen molar-refractivity contribution in [2.24, 2.45) is 5.73 Å². The Morgan fingerprint density at radius 2 is 1.47 bits per heavy atom. The molecule has 2 aromatic rings. The third-order valence-corrected chi connectivity index (χ3v) is 3.01. The Morgan fingerprint density at radius 3 is 1.95 bits per heavy atom. The lowest BCUT2D eigenvalue weighted by Crippen LogP contribution is -2.14. The molecular weight excluding hydrogens is 245 g/mol. The number of methoxy groups -OCH3 is 2. The van der Waals surface area contributed by atoms with E-state index in [1.165, 1.54) is 12.1 Å². The summed E-state index contributed by atoms with van der Waals surface area (Å²) in [6.07, 6.45) is 0. The second-order valence-corrected chi connectivity index (χ2v) is 4.11. The van der Waals surface area contributed by atoms with Crippen molar-refractivity contribution in [3.8, 4) is 11.5 Å². The van der Waals surface area contributed by atoms with Crippen LogP contribution in [-0.4, -0.2) is 14.2 Å². The average molecular weight is 261 g/mol. The monoisotopic (exact) mass is 261 g/mol. The summed E-state index contributed by atoms with van der Waals surface area (Å²) in [6, 6.07) is 11.1. The van der Waals surface area contributed by atoms with Gasteiger partial charge < -0.3 is 15.2 Å². The van der Waals surface area contributed by atoms with E-state index in [1.807, 2.05) is 18.2 Å². The summed E-state index contributed by atoms with van der Waals surface area (Å²) in [6.45, 7) is 0. The minimum absolute atomic E-state index is 0.289. The highest BCUT2D eigenvalue weighted by atomic mass is 19.1. The Hall–Kier alpha value is -2.07. The Labute approximate surface area is 111 Å². The highest BCUT2D eigenvalue weighted by molar-refractivity contribution is 5.50. The van der Waals surface area contributed by atoms with E-state index in [2.05, 4.69) is 0 Å². The number of hydrogen-bond acceptors (Lipinski definition) is 3. The lowest BCUT2D eigenvalue weighted by atomic mass is 9.97. The van der Waals surface area contributed by atoms with Gasteiger partial charge in [0.1, 0.15) is 17.3 Å². The summed E-state index contributed by atoms with van der Waals surface area (Å²) in [5.41, 5.74) is 7.78. The molecule has 2 rings (SSSR count). The zero-order valence-electron chi connectivity index (χ0n) is 10.9. The van der Waals surface area contributed by atoms with Gasteiger partial charge in [0, 0.05) is 0 Å². The molecule has 2 aromatic carbocycles. The van der Waals surface area contributed by atoms with E-state index in [9.17, 15) is 4.39 Å². The number of ether oxygens (including phenoxy) is 2. The molecule has 1 unspecified atom stereocenters. The van der Waals surface area contributed by atoms with E-state index >= 15 is 0 Å². The van der Waals surface area contributed by atoms with Gasteiger partial charge in [0.2, 0.25) is 0 Å². The summed E-state index contributed by atoms with van der Waals surface area (Å²) in [4.78, 5) is 0. The molecule has 0 aliphatic heterocycles. The van der Waals surface area contributed by atoms with Crippen LogP contribution in [0.3, 0.4) is 0 Å². The van der Waals surface area contributed by atoms with Gasteiger partial charge in [-0.3, -0.25) is 0 Å². The maximum atomic E-state index is 13.0. The van der Waals surface area contributed by atoms with E-state index in [0.717, 1.165) is 11.1 Å². The molecule has 1 atom stereocenters. The number of nitrogens with two attached hydrogens (primary N) is 1. The zero-order chi connectivity index (χ0) is 13.8. The first kappa shape index (κ1) is 13.4. The van der Waals surface area contributed by atoms with Gasteiger partial charge in [0.15, 0.2) is 0 Å². The van der Waals surface area contributed by atoms with Crippen LogP contribution in [0.5, 0.6) is 11.5 Å². The molecule has 100 valence electrons. The molecule has 0 spiro atoms. The van der Waals surface area contributed by atoms with Crippen LogP contribution in [0.4, 0.5) is 4.39 Å². The fourth-order valence-electron chi connectivity index (χ4n) is 2.02. The van der Waals surface area contributed by atoms with E-state index < -0.39 is 6.04 Å². The molecule has 0 saturated carbocycles. The molecule has 0 aromatic heterocycles. The molecule has 4 heteroatoms. The molecule has 2 N–H and O–H groups in total. The minimum atomic E-state index is -0.438. The first-order chi connectivity index (χ1) is 9.17. The van der Waals surface area contributed by atoms with Gasteiger partial charge in [0.05, 0.1) is 25.8 Å². The topological polar surface area (TPSA) is 44.5 Å². The largest absolute Gasteiger partial charge is 0.496 e. The summed E-state index contributed by atoms with van der Waals surface area (Å²) < 4.78 is 23.6. The van der Waals surface area contributed by atoms with Crippen LogP contribution in [0.15, 0.2) is 42.5 Å². The van der Waals surface area contributed by atoms with Gasteiger partial charge in [-0.1, -0.05) is 18.2 Å². The lowest BCUT2D eigenvalue weighted by Gasteiger charge is -2.19. The Balaban J connectivity index is 2.47. The summed E-state index contributed by atoms with van der Waals surface area (Å²) >= 11 is 0. The van der Waals surface area contributed by atoms with Crippen molar-refractivity contribution in [1.82, 2.24) is 0 Å². The Kier molecular flexibility index (Phi) is 4.02. The van der Waals surface area contributed by atoms with Crippen molar-refractivity contribution in [2.75, 3.05) is 14.2 Å². The smallest absolute Gasteiger partial charge is 0.127 e. The molecule has 0 heterocycles. The summed E-state index contributed by atoms with van der Waals surface area (Å²) in [5, 5.41) is 0. The fraction of sp³-hybridized carbons (Fsp3) is 0.200. The van der Waals surface area contributed by atoms with E-state index in [-0.39, 0.29) is 5.82 Å². The van der Waals surface area contributed by atoms with Crippen molar-refractivity contribution in [2.45, 2.75) is 6.04 Å². The third-order valence-electron chi connectivity index (χ3n) is 3.01. The number of rotatable bonds is 4. The van der Waals surface area contributed by atoms with Crippen LogP contribution in [0.25, 0.3) is 0 Å². The maximum Gasteiger partial charge on any atom is 0.127 e. The van der Waals surface area contributed by atoms with E-state index in [0.29, 0.717) is 11.5 Å². The van der Waals surface area contributed by atoms with E-state index in [1.54, 1.807) is 26.4 Å². The fourth-order valence-corrected chi connectivity index (χ4v) is 2.02. The quantitative estimate of drug-likeness (QED) is 0.920. The molecule has 3 nitrogen and oxygen atoms in total. The number of hydrogen-bond donors (Lipinski definition) is 1. The predicted molar refractivity (Wildman–Crippen MR) is 72.0 cm³/mol. The van der Waals surface area contributed by atoms with Gasteiger partial charge in [-0.25, -0.2) is 4.39 Å². The Morgan fingerprint density at radius 1 is 0.947 bits per heavy atom. The number of benzene rings is 2. The van der Waals surface area contributed by atoms with Gasteiger partial charge in [0.25, 0.3) is 0 Å². The normalized spacial score (nSPS) is 12.0. The van der Waals surface area contributed by atoms with Crippen molar-refractivity contribution in [3.05, 3.63) is 59.4 Å². The second kappa shape index (κ2) is 5.71. The average Bonchev–Trinajstić information content (AvgIpc) is 2.46. The maximum absolute atomic E-state index is 13.0.